The number of rotatable bonds is 18. The quantitative estimate of drug-likeness (QED) is 0.0280. The Kier molecular flexibility index (Phi) is 32.8. The number of hydrogen-bond acceptors (Lipinski definition) is 18. The van der Waals surface area contributed by atoms with Crippen LogP contribution in [-0.4, -0.2) is 83.5 Å². The molecule has 8 aromatic rings. The monoisotopic (exact) mass is 1610 g/mol. The lowest BCUT2D eigenvalue weighted by atomic mass is 9.90. The van der Waals surface area contributed by atoms with Crippen molar-refractivity contribution in [2.45, 2.75) is 204 Å². The van der Waals surface area contributed by atoms with Crippen LogP contribution in [0.1, 0.15) is 176 Å². The summed E-state index contributed by atoms with van der Waals surface area (Å²) in [6, 6.07) is 50.4. The van der Waals surface area contributed by atoms with E-state index in [1.165, 1.54) is 60.7 Å². The SMILES string of the molecule is CC(C)(C)OC(=O)N[C@H]1CCCC[C@H]1Nc1ccc(C#N)c(Br)c1.CC(C)(C)OC(=O)N[C@H]1CCCC[C@H]1Nc1ccc(C#N)c(Nc2ccc(F)cc2)c1.NC(=O)c1ccc(N[C@@H]2CCCC[C@@H]2N)cc1Nc1ccc(F)cc1.NC(=O)c1ccc(N[C@@H]2CCCC[C@@H]2N)cc1Nc1ccc(F)cc1.Nc1ccc(F)cc1. The Morgan fingerprint density at radius 1 is 0.389 bits per heavy atom. The molecule has 0 aliphatic heterocycles. The number of ether oxygens (including phenoxy) is 2. The molecule has 0 heterocycles. The molecule has 4 aliphatic rings. The number of carbonyl (C=O) groups is 4. The number of alkyl carbamates (subject to hydrolysis) is 2. The first-order valence-electron chi connectivity index (χ1n) is 38.1. The van der Waals surface area contributed by atoms with E-state index in [1.54, 1.807) is 60.7 Å². The Bertz CT molecular complexity index is 4370. The van der Waals surface area contributed by atoms with Gasteiger partial charge in [-0.25, -0.2) is 27.2 Å². The number of nitrogens with zero attached hydrogens (tertiary/aromatic N) is 2. The van der Waals surface area contributed by atoms with Crippen molar-refractivity contribution >= 4 is 102 Å². The molecule has 0 bridgehead atoms. The molecule has 0 radical (unpaired) electrons. The molecule has 4 amide bonds. The van der Waals surface area contributed by atoms with Crippen molar-refractivity contribution in [1.29, 1.82) is 10.5 Å². The van der Waals surface area contributed by atoms with E-state index in [-0.39, 0.29) is 77.7 Å². The van der Waals surface area contributed by atoms with Crippen LogP contribution in [-0.2, 0) is 9.47 Å². The van der Waals surface area contributed by atoms with E-state index in [0.29, 0.717) is 62.1 Å². The molecule has 0 saturated heterocycles. The molecule has 0 unspecified atom stereocenters. The molecule has 22 nitrogen and oxygen atoms in total. The van der Waals surface area contributed by atoms with Gasteiger partial charge >= 0.3 is 12.2 Å². The summed E-state index contributed by atoms with van der Waals surface area (Å²) >= 11 is 3.41. The molecule has 8 aromatic carbocycles. The van der Waals surface area contributed by atoms with Gasteiger partial charge in [0.15, 0.2) is 0 Å². The lowest BCUT2D eigenvalue weighted by Gasteiger charge is -2.34. The molecule has 8 atom stereocenters. The van der Waals surface area contributed by atoms with Gasteiger partial charge in [0.1, 0.15) is 46.6 Å². The summed E-state index contributed by atoms with van der Waals surface area (Å²) in [4.78, 5) is 47.7. The number of nitrogens with two attached hydrogens (primary N) is 5. The van der Waals surface area contributed by atoms with Crippen LogP contribution in [0, 0.1) is 45.9 Å². The second-order valence-electron chi connectivity index (χ2n) is 30.3. The minimum atomic E-state index is -0.546. The van der Waals surface area contributed by atoms with Gasteiger partial charge in [0.05, 0.1) is 51.4 Å². The zero-order valence-electron chi connectivity index (χ0n) is 64.7. The number of hydrogen-bond donors (Lipinski definition) is 14. The van der Waals surface area contributed by atoms with Gasteiger partial charge in [-0.2, -0.15) is 10.5 Å². The van der Waals surface area contributed by atoms with Crippen molar-refractivity contribution in [2.24, 2.45) is 22.9 Å². The van der Waals surface area contributed by atoms with Crippen LogP contribution in [0.5, 0.6) is 0 Å². The molecule has 27 heteroatoms. The molecule has 0 spiro atoms. The topological polar surface area (TPSA) is 373 Å². The van der Waals surface area contributed by atoms with Crippen molar-refractivity contribution < 1.29 is 46.2 Å². The number of amides is 4. The highest BCUT2D eigenvalue weighted by Crippen LogP contribution is 2.33. The Morgan fingerprint density at radius 2 is 0.673 bits per heavy atom. The molecular formula is C86H105BrF4N16O6. The smallest absolute Gasteiger partial charge is 0.407 e. The molecule has 4 saturated carbocycles. The molecule has 4 aliphatic carbocycles. The summed E-state index contributed by atoms with van der Waals surface area (Å²) in [5.41, 5.74) is 37.3. The van der Waals surface area contributed by atoms with E-state index in [2.05, 4.69) is 75.9 Å². The van der Waals surface area contributed by atoms with Crippen LogP contribution in [0.2, 0.25) is 0 Å². The average Bonchev–Trinajstić information content (AvgIpc) is 0.835. The Balaban J connectivity index is 0.000000183. The summed E-state index contributed by atoms with van der Waals surface area (Å²) in [6.07, 6.45) is 16.0. The van der Waals surface area contributed by atoms with Crippen LogP contribution in [0.4, 0.5) is 89.7 Å². The number of nitrogens with one attached hydrogen (secondary N) is 9. The first kappa shape index (κ1) is 87.3. The van der Waals surface area contributed by atoms with Crippen molar-refractivity contribution in [1.82, 2.24) is 10.6 Å². The van der Waals surface area contributed by atoms with Crippen LogP contribution < -0.4 is 76.5 Å². The number of nitriles is 2. The molecule has 4 fully saturated rings. The van der Waals surface area contributed by atoms with E-state index in [1.807, 2.05) is 90.1 Å². The van der Waals surface area contributed by atoms with Crippen molar-refractivity contribution in [3.8, 4) is 12.1 Å². The molecule has 113 heavy (non-hydrogen) atoms. The maximum Gasteiger partial charge on any atom is 0.407 e. The fraction of sp³-hybridized carbons (Fsp3) is 0.372. The number of halogens is 5. The highest BCUT2D eigenvalue weighted by molar-refractivity contribution is 9.10. The number of anilines is 11. The van der Waals surface area contributed by atoms with E-state index >= 15 is 0 Å². The molecule has 12 rings (SSSR count). The maximum absolute atomic E-state index is 13.2. The van der Waals surface area contributed by atoms with E-state index in [9.17, 15) is 42.0 Å². The summed E-state index contributed by atoms with van der Waals surface area (Å²) in [5.74, 6) is -2.25. The third kappa shape index (κ3) is 29.4. The van der Waals surface area contributed by atoms with Crippen molar-refractivity contribution in [3.63, 3.8) is 0 Å². The minimum Gasteiger partial charge on any atom is -0.444 e. The first-order chi connectivity index (χ1) is 53.8. The van der Waals surface area contributed by atoms with Gasteiger partial charge in [-0.3, -0.25) is 9.59 Å². The highest BCUT2D eigenvalue weighted by Gasteiger charge is 2.31. The average molecular weight is 1610 g/mol. The van der Waals surface area contributed by atoms with Crippen molar-refractivity contribution in [3.05, 3.63) is 220 Å². The summed E-state index contributed by atoms with van der Waals surface area (Å²) in [6.45, 7) is 11.1. The van der Waals surface area contributed by atoms with E-state index in [4.69, 9.17) is 43.4 Å². The third-order valence-corrected chi connectivity index (χ3v) is 19.7. The van der Waals surface area contributed by atoms with Crippen LogP contribution >= 0.6 is 15.9 Å². The van der Waals surface area contributed by atoms with E-state index in [0.717, 1.165) is 130 Å². The zero-order valence-corrected chi connectivity index (χ0v) is 66.3. The number of nitrogen functional groups attached to an aromatic ring is 1. The van der Waals surface area contributed by atoms with Gasteiger partial charge < -0.3 is 86.0 Å². The Hall–Kier alpha value is -11.3. The second-order valence-corrected chi connectivity index (χ2v) is 31.2. The number of benzene rings is 8. The second kappa shape index (κ2) is 42.4. The summed E-state index contributed by atoms with van der Waals surface area (Å²) in [5, 5.41) is 47.8. The predicted molar refractivity (Wildman–Crippen MR) is 446 cm³/mol. The highest BCUT2D eigenvalue weighted by atomic mass is 79.9. The number of carbonyl (C=O) groups excluding carboxylic acids is 4. The van der Waals surface area contributed by atoms with Crippen molar-refractivity contribution in [2.75, 3.05) is 43.0 Å². The normalized spacial score (nSPS) is 19.0. The fourth-order valence-electron chi connectivity index (χ4n) is 13.4. The van der Waals surface area contributed by atoms with Crippen LogP contribution in [0.15, 0.2) is 174 Å². The molecule has 600 valence electrons. The Labute approximate surface area is 668 Å². The summed E-state index contributed by atoms with van der Waals surface area (Å²) < 4.78 is 62.9. The van der Waals surface area contributed by atoms with Gasteiger partial charge in [-0.15, -0.1) is 0 Å². The minimum absolute atomic E-state index is 0.0306. The standard InChI is InChI=1S/C24H29FN4O2.2C19H23FN4O.C18H24BrN3O2.C6H6FN/c1-24(2,3)31-23(30)29-21-7-5-4-6-20(21)28-19-11-8-16(15-26)22(14-19)27-18-12-9-17(25)10-13-18;2*20-12-5-7-13(8-6-12)23-18-11-14(9-10-15(18)19(22)25)24-17-4-2-1-3-16(17)21;1-18(2,3)24-17(23)22-16-7-5-4-6-15(16)21-13-9-8-12(11-20)14(19)10-13;7-5-1-3-6(8)4-2-5/h8-14,20-21,27-28H,4-7H2,1-3H3,(H,29,30);2*5-11,16-17,23-24H,1-4,21H2,(H2,22,25);8-10,15-16,21H,4-7H2,1-3H3,(H,22,23);1-4H,8H2/t20-,21+;2*16-,17+;15-,16+;/m1001./s1. The molecule has 19 N–H and O–H groups in total. The zero-order chi connectivity index (χ0) is 81.8. The van der Waals surface area contributed by atoms with Gasteiger partial charge in [-0.05, 0) is 279 Å². The maximum atomic E-state index is 13.2. The predicted octanol–water partition coefficient (Wildman–Crippen LogP) is 18.4. The lowest BCUT2D eigenvalue weighted by molar-refractivity contribution is 0.0477. The molecule has 0 aromatic heterocycles. The van der Waals surface area contributed by atoms with Gasteiger partial charge in [0.25, 0.3) is 11.8 Å². The largest absolute Gasteiger partial charge is 0.444 e. The van der Waals surface area contributed by atoms with E-state index < -0.39 is 29.1 Å². The fourth-order valence-corrected chi connectivity index (χ4v) is 13.8. The first-order valence-corrected chi connectivity index (χ1v) is 38.9. The summed E-state index contributed by atoms with van der Waals surface area (Å²) in [7, 11) is 0. The van der Waals surface area contributed by atoms with Crippen LogP contribution in [0.3, 0.4) is 0 Å². The Morgan fingerprint density at radius 3 is 1.00 bits per heavy atom. The van der Waals surface area contributed by atoms with Gasteiger partial charge in [-0.1, -0.05) is 51.4 Å². The molecular weight excluding hydrogens is 1510 g/mol. The van der Waals surface area contributed by atoms with Gasteiger partial charge in [0.2, 0.25) is 0 Å². The third-order valence-electron chi connectivity index (χ3n) is 19.0. The number of primary amides is 2. The van der Waals surface area contributed by atoms with Gasteiger partial charge in [0, 0.05) is 86.2 Å². The van der Waals surface area contributed by atoms with Crippen LogP contribution in [0.25, 0.3) is 0 Å². The lowest BCUT2D eigenvalue weighted by Crippen LogP contribution is -2.49.